The summed E-state index contributed by atoms with van der Waals surface area (Å²) in [5.74, 6) is -1.30. The third-order valence-corrected chi connectivity index (χ3v) is 1.53. The number of aliphatic carboxylic acids is 1. The summed E-state index contributed by atoms with van der Waals surface area (Å²) in [6.45, 7) is 1.71. The van der Waals surface area contributed by atoms with Crippen molar-refractivity contribution in [2.75, 3.05) is 19.6 Å². The Bertz CT molecular complexity index is 217. The average molecular weight is 205 g/mol. The number of aliphatic hydroxyl groups is 1. The predicted molar refractivity (Wildman–Crippen MR) is 48.7 cm³/mol. The topological polar surface area (TPSA) is 125 Å². The number of urea groups is 1. The van der Waals surface area contributed by atoms with Crippen molar-refractivity contribution in [3.63, 3.8) is 0 Å². The molecule has 0 aromatic carbocycles. The Labute approximate surface area is 81.3 Å². The average Bonchev–Trinajstić information content (AvgIpc) is 2.02. The Morgan fingerprint density at radius 3 is 2.43 bits per heavy atom. The second-order valence-corrected chi connectivity index (χ2v) is 3.05. The lowest BCUT2D eigenvalue weighted by molar-refractivity contribution is -0.156. The molecule has 0 rings (SSSR count). The zero-order valence-electron chi connectivity index (χ0n) is 7.91. The monoisotopic (exact) mass is 205 g/mol. The van der Waals surface area contributed by atoms with Gasteiger partial charge in [-0.1, -0.05) is 0 Å². The van der Waals surface area contributed by atoms with Gasteiger partial charge in [0.1, 0.15) is 0 Å². The smallest absolute Gasteiger partial charge is 0.336 e. The summed E-state index contributed by atoms with van der Waals surface area (Å²) in [5.41, 5.74) is 2.99. The highest BCUT2D eigenvalue weighted by Crippen LogP contribution is 1.99. The van der Waals surface area contributed by atoms with Crippen LogP contribution < -0.4 is 16.4 Å². The van der Waals surface area contributed by atoms with Crippen molar-refractivity contribution >= 4 is 12.0 Å². The largest absolute Gasteiger partial charge is 0.479 e. The number of primary amides is 1. The van der Waals surface area contributed by atoms with Crippen LogP contribution in [0.2, 0.25) is 0 Å². The molecule has 2 amide bonds. The number of carboxylic acid groups (broad SMARTS) is 1. The van der Waals surface area contributed by atoms with E-state index in [1.807, 2.05) is 0 Å². The quantitative estimate of drug-likeness (QED) is 0.323. The molecule has 0 spiro atoms. The van der Waals surface area contributed by atoms with Crippen LogP contribution in [-0.4, -0.2) is 47.4 Å². The maximum Gasteiger partial charge on any atom is 0.336 e. The Morgan fingerprint density at radius 2 is 2.00 bits per heavy atom. The van der Waals surface area contributed by atoms with Gasteiger partial charge in [-0.05, 0) is 6.92 Å². The number of carbonyl (C=O) groups excluding carboxylic acids is 1. The molecule has 0 radical (unpaired) electrons. The maximum atomic E-state index is 10.4. The number of hydrogen-bond donors (Lipinski definition) is 5. The molecule has 7 heteroatoms. The number of nitrogens with two attached hydrogens (primary N) is 1. The van der Waals surface area contributed by atoms with Crippen molar-refractivity contribution in [1.82, 2.24) is 10.6 Å². The second-order valence-electron chi connectivity index (χ2n) is 3.05. The summed E-state index contributed by atoms with van der Waals surface area (Å²) in [6.07, 6.45) is 0. The molecule has 0 bridgehead atoms. The van der Waals surface area contributed by atoms with E-state index in [1.165, 1.54) is 6.92 Å². The lowest BCUT2D eigenvalue weighted by Crippen LogP contribution is -2.46. The van der Waals surface area contributed by atoms with Gasteiger partial charge >= 0.3 is 12.0 Å². The SMILES string of the molecule is CC(O)(CNCCNC(N)=O)C(=O)O. The van der Waals surface area contributed by atoms with Gasteiger partial charge in [0.2, 0.25) is 0 Å². The standard InChI is InChI=1S/C7H15N3O4/c1-7(14,5(11)12)4-9-2-3-10-6(8)13/h9,14H,2-4H2,1H3,(H,11,12)(H3,8,10,13). The van der Waals surface area contributed by atoms with Crippen LogP contribution in [0.4, 0.5) is 4.79 Å². The molecule has 0 aromatic heterocycles. The highest BCUT2D eigenvalue weighted by molar-refractivity contribution is 5.76. The Morgan fingerprint density at radius 1 is 1.43 bits per heavy atom. The minimum Gasteiger partial charge on any atom is -0.479 e. The van der Waals surface area contributed by atoms with E-state index >= 15 is 0 Å². The third-order valence-electron chi connectivity index (χ3n) is 1.53. The van der Waals surface area contributed by atoms with Crippen molar-refractivity contribution in [1.29, 1.82) is 0 Å². The molecule has 0 saturated carbocycles. The molecule has 14 heavy (non-hydrogen) atoms. The molecule has 0 fully saturated rings. The minimum absolute atomic E-state index is 0.0945. The summed E-state index contributed by atoms with van der Waals surface area (Å²) < 4.78 is 0. The van der Waals surface area contributed by atoms with Crippen molar-refractivity contribution in [3.8, 4) is 0 Å². The van der Waals surface area contributed by atoms with Gasteiger partial charge in [0.05, 0.1) is 0 Å². The Hall–Kier alpha value is -1.34. The lowest BCUT2D eigenvalue weighted by Gasteiger charge is -2.18. The van der Waals surface area contributed by atoms with Crippen molar-refractivity contribution < 1.29 is 19.8 Å². The number of rotatable bonds is 6. The molecule has 0 saturated heterocycles. The molecule has 7 nitrogen and oxygen atoms in total. The molecular weight excluding hydrogens is 190 g/mol. The number of amides is 2. The predicted octanol–water partition coefficient (Wildman–Crippen LogP) is -1.92. The van der Waals surface area contributed by atoms with Crippen molar-refractivity contribution in [3.05, 3.63) is 0 Å². The molecular formula is C7H15N3O4. The van der Waals surface area contributed by atoms with E-state index in [1.54, 1.807) is 0 Å². The molecule has 1 unspecified atom stereocenters. The van der Waals surface area contributed by atoms with E-state index in [4.69, 9.17) is 10.8 Å². The second kappa shape index (κ2) is 5.40. The van der Waals surface area contributed by atoms with Crippen LogP contribution in [0, 0.1) is 0 Å². The number of carboxylic acids is 1. The normalized spacial score (nSPS) is 14.4. The summed E-state index contributed by atoms with van der Waals surface area (Å²) in [4.78, 5) is 20.6. The Balaban J connectivity index is 3.54. The van der Waals surface area contributed by atoms with Gasteiger partial charge in [0, 0.05) is 19.6 Å². The van der Waals surface area contributed by atoms with Gasteiger partial charge in [-0.15, -0.1) is 0 Å². The van der Waals surface area contributed by atoms with Gasteiger partial charge in [-0.2, -0.15) is 0 Å². The zero-order valence-corrected chi connectivity index (χ0v) is 7.91. The fraction of sp³-hybridized carbons (Fsp3) is 0.714. The summed E-state index contributed by atoms with van der Waals surface area (Å²) in [6, 6.07) is -0.642. The van der Waals surface area contributed by atoms with Gasteiger partial charge < -0.3 is 26.6 Å². The maximum absolute atomic E-state index is 10.4. The van der Waals surface area contributed by atoms with E-state index < -0.39 is 17.6 Å². The van der Waals surface area contributed by atoms with Crippen LogP contribution in [0.5, 0.6) is 0 Å². The third kappa shape index (κ3) is 5.33. The fourth-order valence-corrected chi connectivity index (χ4v) is 0.681. The summed E-state index contributed by atoms with van der Waals surface area (Å²) in [7, 11) is 0. The van der Waals surface area contributed by atoms with E-state index in [-0.39, 0.29) is 13.1 Å². The highest BCUT2D eigenvalue weighted by Gasteiger charge is 2.28. The number of carbonyl (C=O) groups is 2. The highest BCUT2D eigenvalue weighted by atomic mass is 16.4. The van der Waals surface area contributed by atoms with Crippen molar-refractivity contribution in [2.24, 2.45) is 5.73 Å². The zero-order chi connectivity index (χ0) is 11.2. The van der Waals surface area contributed by atoms with E-state index in [9.17, 15) is 14.7 Å². The van der Waals surface area contributed by atoms with Gasteiger partial charge in [0.25, 0.3) is 0 Å². The van der Waals surface area contributed by atoms with Gasteiger partial charge in [-0.3, -0.25) is 0 Å². The number of hydrogen-bond acceptors (Lipinski definition) is 4. The first-order chi connectivity index (χ1) is 6.36. The Kier molecular flexibility index (Phi) is 4.89. The lowest BCUT2D eigenvalue weighted by atomic mass is 10.1. The molecule has 0 aliphatic heterocycles. The minimum atomic E-state index is -1.80. The molecule has 0 aliphatic carbocycles. The van der Waals surface area contributed by atoms with Crippen molar-refractivity contribution in [2.45, 2.75) is 12.5 Å². The van der Waals surface area contributed by atoms with Crippen LogP contribution in [0.1, 0.15) is 6.92 Å². The molecule has 6 N–H and O–H groups in total. The molecule has 82 valence electrons. The first kappa shape index (κ1) is 12.7. The molecule has 0 aliphatic rings. The van der Waals surface area contributed by atoms with Crippen LogP contribution in [0.3, 0.4) is 0 Å². The summed E-state index contributed by atoms with van der Waals surface area (Å²) >= 11 is 0. The van der Waals surface area contributed by atoms with E-state index in [0.29, 0.717) is 6.54 Å². The van der Waals surface area contributed by atoms with Crippen LogP contribution in [0.15, 0.2) is 0 Å². The van der Waals surface area contributed by atoms with E-state index in [0.717, 1.165) is 0 Å². The molecule has 1 atom stereocenters. The van der Waals surface area contributed by atoms with E-state index in [2.05, 4.69) is 10.6 Å². The first-order valence-electron chi connectivity index (χ1n) is 4.06. The van der Waals surface area contributed by atoms with Gasteiger partial charge in [0.15, 0.2) is 5.60 Å². The van der Waals surface area contributed by atoms with Gasteiger partial charge in [-0.25, -0.2) is 9.59 Å². The van der Waals surface area contributed by atoms with Crippen LogP contribution in [-0.2, 0) is 4.79 Å². The molecule has 0 aromatic rings. The first-order valence-corrected chi connectivity index (χ1v) is 4.06. The van der Waals surface area contributed by atoms with Crippen LogP contribution >= 0.6 is 0 Å². The van der Waals surface area contributed by atoms with Crippen LogP contribution in [0.25, 0.3) is 0 Å². The summed E-state index contributed by atoms with van der Waals surface area (Å²) in [5, 5.41) is 22.7. The fourth-order valence-electron chi connectivity index (χ4n) is 0.681. The molecule has 0 heterocycles. The number of nitrogens with one attached hydrogen (secondary N) is 2.